The average molecular weight is 446 g/mol. The van der Waals surface area contributed by atoms with Crippen molar-refractivity contribution in [3.63, 3.8) is 0 Å². The maximum atomic E-state index is 14.4. The molecule has 1 amide bonds. The molecule has 2 aromatic carbocycles. The number of aryl methyl sites for hydroxylation is 1. The lowest BCUT2D eigenvalue weighted by Crippen LogP contribution is -2.40. The van der Waals surface area contributed by atoms with Crippen molar-refractivity contribution in [3.05, 3.63) is 59.7 Å². The van der Waals surface area contributed by atoms with Crippen molar-refractivity contribution in [3.8, 4) is 11.5 Å². The maximum Gasteiger partial charge on any atom is 0.258 e. The SMILES string of the molecule is Cc1noc(-c2cccc(NC(=O)c3cc(S(=O)(=O)N4CCOCC4)ccc3F)c2)n1. The van der Waals surface area contributed by atoms with E-state index in [4.69, 9.17) is 9.26 Å². The van der Waals surface area contributed by atoms with Gasteiger partial charge in [-0.05, 0) is 43.3 Å². The average Bonchev–Trinajstić information content (AvgIpc) is 3.21. The summed E-state index contributed by atoms with van der Waals surface area (Å²) in [6.45, 7) is 2.64. The Hall–Kier alpha value is -3.15. The van der Waals surface area contributed by atoms with E-state index in [1.54, 1.807) is 31.2 Å². The van der Waals surface area contributed by atoms with E-state index in [-0.39, 0.29) is 42.7 Å². The third-order valence-corrected chi connectivity index (χ3v) is 6.58. The molecule has 1 saturated heterocycles. The summed E-state index contributed by atoms with van der Waals surface area (Å²) in [5.41, 5.74) is 0.551. The number of hydrogen-bond donors (Lipinski definition) is 1. The highest BCUT2D eigenvalue weighted by Gasteiger charge is 2.28. The largest absolute Gasteiger partial charge is 0.379 e. The van der Waals surface area contributed by atoms with Gasteiger partial charge in [0.15, 0.2) is 5.82 Å². The number of sulfonamides is 1. The molecule has 11 heteroatoms. The van der Waals surface area contributed by atoms with Crippen molar-refractivity contribution in [1.82, 2.24) is 14.4 Å². The van der Waals surface area contributed by atoms with Crippen molar-refractivity contribution in [2.45, 2.75) is 11.8 Å². The van der Waals surface area contributed by atoms with Crippen LogP contribution in [0.25, 0.3) is 11.5 Å². The smallest absolute Gasteiger partial charge is 0.258 e. The Morgan fingerprint density at radius 3 is 2.65 bits per heavy atom. The number of carbonyl (C=O) groups excluding carboxylic acids is 1. The van der Waals surface area contributed by atoms with E-state index >= 15 is 0 Å². The number of benzene rings is 2. The Labute approximate surface area is 177 Å². The van der Waals surface area contributed by atoms with Crippen LogP contribution in [0.4, 0.5) is 10.1 Å². The van der Waals surface area contributed by atoms with Crippen molar-refractivity contribution in [2.24, 2.45) is 0 Å². The number of morpholine rings is 1. The van der Waals surface area contributed by atoms with Gasteiger partial charge in [-0.3, -0.25) is 4.79 Å². The molecule has 1 aliphatic rings. The fourth-order valence-corrected chi connectivity index (χ4v) is 4.55. The molecule has 0 saturated carbocycles. The van der Waals surface area contributed by atoms with Gasteiger partial charge >= 0.3 is 0 Å². The number of amides is 1. The first-order chi connectivity index (χ1) is 14.8. The van der Waals surface area contributed by atoms with E-state index in [1.165, 1.54) is 4.31 Å². The van der Waals surface area contributed by atoms with E-state index in [2.05, 4.69) is 15.5 Å². The molecule has 31 heavy (non-hydrogen) atoms. The minimum Gasteiger partial charge on any atom is -0.379 e. The zero-order chi connectivity index (χ0) is 22.0. The molecule has 0 spiro atoms. The van der Waals surface area contributed by atoms with Crippen LogP contribution >= 0.6 is 0 Å². The minimum atomic E-state index is -3.87. The molecule has 1 N–H and O–H groups in total. The molecule has 1 aromatic heterocycles. The van der Waals surface area contributed by atoms with E-state index in [0.29, 0.717) is 17.1 Å². The van der Waals surface area contributed by atoms with Crippen molar-refractivity contribution in [1.29, 1.82) is 0 Å². The molecular formula is C20H19FN4O5S. The second-order valence-electron chi connectivity index (χ2n) is 6.84. The Balaban J connectivity index is 1.58. The minimum absolute atomic E-state index is 0.156. The molecule has 9 nitrogen and oxygen atoms in total. The Morgan fingerprint density at radius 1 is 1.16 bits per heavy atom. The van der Waals surface area contributed by atoms with E-state index in [1.807, 2.05) is 0 Å². The van der Waals surface area contributed by atoms with Crippen LogP contribution in [0, 0.1) is 12.7 Å². The monoisotopic (exact) mass is 446 g/mol. The number of anilines is 1. The van der Waals surface area contributed by atoms with Crippen LogP contribution in [-0.2, 0) is 14.8 Å². The molecular weight excluding hydrogens is 427 g/mol. The van der Waals surface area contributed by atoms with Gasteiger partial charge in [0, 0.05) is 24.3 Å². The fourth-order valence-electron chi connectivity index (χ4n) is 3.12. The second kappa shape index (κ2) is 8.53. The lowest BCUT2D eigenvalue weighted by molar-refractivity contribution is 0.0730. The summed E-state index contributed by atoms with van der Waals surface area (Å²) in [5.74, 6) is -0.874. The van der Waals surface area contributed by atoms with Crippen LogP contribution < -0.4 is 5.32 Å². The number of rotatable bonds is 5. The van der Waals surface area contributed by atoms with Crippen LogP contribution in [0.5, 0.6) is 0 Å². The number of ether oxygens (including phenoxy) is 1. The van der Waals surface area contributed by atoms with E-state index in [0.717, 1.165) is 18.2 Å². The number of carbonyl (C=O) groups is 1. The third-order valence-electron chi connectivity index (χ3n) is 4.69. The molecule has 2 heterocycles. The molecule has 1 aliphatic heterocycles. The first kappa shape index (κ1) is 21.1. The molecule has 4 rings (SSSR count). The lowest BCUT2D eigenvalue weighted by Gasteiger charge is -2.26. The van der Waals surface area contributed by atoms with Gasteiger partial charge in [0.1, 0.15) is 5.82 Å². The van der Waals surface area contributed by atoms with Crippen molar-refractivity contribution >= 4 is 21.6 Å². The van der Waals surface area contributed by atoms with Gasteiger partial charge in [-0.15, -0.1) is 0 Å². The van der Waals surface area contributed by atoms with Crippen LogP contribution in [-0.4, -0.2) is 55.1 Å². The number of aromatic nitrogens is 2. The highest BCUT2D eigenvalue weighted by molar-refractivity contribution is 7.89. The van der Waals surface area contributed by atoms with Gasteiger partial charge in [-0.25, -0.2) is 12.8 Å². The van der Waals surface area contributed by atoms with Crippen LogP contribution in [0.15, 0.2) is 51.9 Å². The summed E-state index contributed by atoms with van der Waals surface area (Å²) in [5, 5.41) is 6.30. The predicted molar refractivity (Wildman–Crippen MR) is 108 cm³/mol. The number of halogens is 1. The lowest BCUT2D eigenvalue weighted by atomic mass is 10.1. The van der Waals surface area contributed by atoms with Crippen LogP contribution in [0.1, 0.15) is 16.2 Å². The molecule has 0 bridgehead atoms. The van der Waals surface area contributed by atoms with Gasteiger partial charge in [0.2, 0.25) is 10.0 Å². The zero-order valence-electron chi connectivity index (χ0n) is 16.5. The predicted octanol–water partition coefficient (Wildman–Crippen LogP) is 2.46. The highest BCUT2D eigenvalue weighted by Crippen LogP contribution is 2.24. The molecule has 0 radical (unpaired) electrons. The van der Waals surface area contributed by atoms with Gasteiger partial charge in [-0.2, -0.15) is 9.29 Å². The normalized spacial score (nSPS) is 15.0. The topological polar surface area (TPSA) is 115 Å². The summed E-state index contributed by atoms with van der Waals surface area (Å²) in [6.07, 6.45) is 0. The number of nitrogens with zero attached hydrogens (tertiary/aromatic N) is 3. The first-order valence-corrected chi connectivity index (χ1v) is 10.9. The Kier molecular flexibility index (Phi) is 5.81. The molecule has 162 valence electrons. The summed E-state index contributed by atoms with van der Waals surface area (Å²) in [4.78, 5) is 16.7. The quantitative estimate of drug-likeness (QED) is 0.640. The van der Waals surface area contributed by atoms with Gasteiger partial charge < -0.3 is 14.6 Å². The summed E-state index contributed by atoms with van der Waals surface area (Å²) < 4.78 is 51.6. The summed E-state index contributed by atoms with van der Waals surface area (Å²) in [6, 6.07) is 9.75. The summed E-state index contributed by atoms with van der Waals surface area (Å²) >= 11 is 0. The maximum absolute atomic E-state index is 14.4. The van der Waals surface area contributed by atoms with E-state index < -0.39 is 21.7 Å². The third kappa shape index (κ3) is 4.48. The second-order valence-corrected chi connectivity index (χ2v) is 8.78. The fraction of sp³-hybridized carbons (Fsp3) is 0.250. The number of hydrogen-bond acceptors (Lipinski definition) is 7. The van der Waals surface area contributed by atoms with Crippen molar-refractivity contribution < 1.29 is 26.9 Å². The van der Waals surface area contributed by atoms with Gasteiger partial charge in [0.25, 0.3) is 11.8 Å². The standard InChI is InChI=1S/C20H19FN4O5S/c1-13-22-20(30-24-13)14-3-2-4-15(11-14)23-19(26)17-12-16(5-6-18(17)21)31(27,28)25-7-9-29-10-8-25/h2-6,11-12H,7-10H2,1H3,(H,23,26). The zero-order valence-corrected chi connectivity index (χ0v) is 17.4. The number of nitrogens with one attached hydrogen (secondary N) is 1. The molecule has 3 aromatic rings. The van der Waals surface area contributed by atoms with E-state index in [9.17, 15) is 17.6 Å². The van der Waals surface area contributed by atoms with Crippen LogP contribution in [0.3, 0.4) is 0 Å². The van der Waals surface area contributed by atoms with Crippen LogP contribution in [0.2, 0.25) is 0 Å². The Morgan fingerprint density at radius 2 is 1.94 bits per heavy atom. The van der Waals surface area contributed by atoms with Gasteiger partial charge in [0.05, 0.1) is 23.7 Å². The molecule has 0 unspecified atom stereocenters. The Bertz CT molecular complexity index is 1220. The highest BCUT2D eigenvalue weighted by atomic mass is 32.2. The van der Waals surface area contributed by atoms with Crippen molar-refractivity contribution in [2.75, 3.05) is 31.6 Å². The first-order valence-electron chi connectivity index (χ1n) is 9.44. The summed E-state index contributed by atoms with van der Waals surface area (Å²) in [7, 11) is -3.87. The molecule has 0 aliphatic carbocycles. The molecule has 1 fully saturated rings. The van der Waals surface area contributed by atoms with Gasteiger partial charge in [-0.1, -0.05) is 11.2 Å². The molecule has 0 atom stereocenters.